The molecule has 1 aromatic heterocycles. The Labute approximate surface area is 129 Å². The summed E-state index contributed by atoms with van der Waals surface area (Å²) in [5.74, 6) is 0.829. The Balaban J connectivity index is 1.99. The molecular weight excluding hydrogens is 260 g/mol. The number of hydrogen-bond acceptors (Lipinski definition) is 3. The number of aryl methyl sites for hydroxylation is 1. The second-order valence-electron chi connectivity index (χ2n) is 7.46. The highest BCUT2D eigenvalue weighted by molar-refractivity contribution is 5.11. The van der Waals surface area contributed by atoms with Gasteiger partial charge in [0.25, 0.3) is 0 Å². The van der Waals surface area contributed by atoms with E-state index in [4.69, 9.17) is 5.73 Å². The molecule has 0 amide bonds. The first-order valence-electron chi connectivity index (χ1n) is 8.42. The molecule has 1 aliphatic heterocycles. The number of piperidine rings is 1. The maximum Gasteiger partial charge on any atom is 0.0538 e. The van der Waals surface area contributed by atoms with Gasteiger partial charge in [0.1, 0.15) is 0 Å². The van der Waals surface area contributed by atoms with Crippen LogP contribution in [0.15, 0.2) is 12.4 Å². The molecule has 1 atom stereocenters. The van der Waals surface area contributed by atoms with E-state index in [1.165, 1.54) is 18.4 Å². The smallest absolute Gasteiger partial charge is 0.0538 e. The van der Waals surface area contributed by atoms with Crippen molar-refractivity contribution in [3.8, 4) is 0 Å². The molecule has 2 heterocycles. The Kier molecular flexibility index (Phi) is 5.44. The van der Waals surface area contributed by atoms with Crippen LogP contribution >= 0.6 is 0 Å². The van der Waals surface area contributed by atoms with Gasteiger partial charge < -0.3 is 5.73 Å². The number of hydrogen-bond donors (Lipinski definition) is 1. The summed E-state index contributed by atoms with van der Waals surface area (Å²) < 4.78 is 2.04. The fourth-order valence-electron chi connectivity index (χ4n) is 3.48. The van der Waals surface area contributed by atoms with E-state index < -0.39 is 0 Å². The first-order chi connectivity index (χ1) is 9.95. The highest BCUT2D eigenvalue weighted by Gasteiger charge is 2.31. The van der Waals surface area contributed by atoms with E-state index in [1.54, 1.807) is 0 Å². The first kappa shape index (κ1) is 16.5. The van der Waals surface area contributed by atoms with Gasteiger partial charge in [0.05, 0.1) is 12.2 Å². The fraction of sp³-hybridized carbons (Fsp3) is 0.824. The summed E-state index contributed by atoms with van der Waals surface area (Å²) in [6.07, 6.45) is 7.86. The van der Waals surface area contributed by atoms with Crippen LogP contribution in [0.2, 0.25) is 0 Å². The molecule has 4 heteroatoms. The Hall–Kier alpha value is -0.870. The highest BCUT2D eigenvalue weighted by Crippen LogP contribution is 2.36. The molecule has 0 bridgehead atoms. The average molecular weight is 292 g/mol. The molecular formula is C17H32N4. The van der Waals surface area contributed by atoms with Crippen LogP contribution in [0.3, 0.4) is 0 Å². The number of likely N-dealkylation sites (tertiary alicyclic amines) is 1. The molecule has 21 heavy (non-hydrogen) atoms. The molecule has 4 nitrogen and oxygen atoms in total. The normalized spacial score (nSPS) is 19.9. The summed E-state index contributed by atoms with van der Waals surface area (Å²) in [5.41, 5.74) is 7.77. The Morgan fingerprint density at radius 3 is 2.52 bits per heavy atom. The largest absolute Gasteiger partial charge is 0.329 e. The maximum absolute atomic E-state index is 6.06. The van der Waals surface area contributed by atoms with E-state index >= 15 is 0 Å². The molecule has 0 aliphatic carbocycles. The van der Waals surface area contributed by atoms with Crippen LogP contribution in [0.5, 0.6) is 0 Å². The molecule has 2 N–H and O–H groups in total. The minimum absolute atomic E-state index is 0.330. The zero-order chi connectivity index (χ0) is 15.5. The lowest BCUT2D eigenvalue weighted by atomic mass is 9.75. The summed E-state index contributed by atoms with van der Waals surface area (Å²) in [6, 6.07) is 0.330. The molecule has 0 radical (unpaired) electrons. The summed E-state index contributed by atoms with van der Waals surface area (Å²) in [4.78, 5) is 2.55. The van der Waals surface area contributed by atoms with Crippen molar-refractivity contribution < 1.29 is 0 Å². The van der Waals surface area contributed by atoms with Crippen molar-refractivity contribution in [3.63, 3.8) is 0 Å². The van der Waals surface area contributed by atoms with Crippen LogP contribution in [0.1, 0.15) is 58.6 Å². The Morgan fingerprint density at radius 1 is 1.33 bits per heavy atom. The molecule has 1 aromatic rings. The van der Waals surface area contributed by atoms with Crippen molar-refractivity contribution in [2.24, 2.45) is 17.1 Å². The summed E-state index contributed by atoms with van der Waals surface area (Å²) in [5, 5.41) is 4.46. The van der Waals surface area contributed by atoms with Crippen molar-refractivity contribution in [2.75, 3.05) is 19.6 Å². The molecule has 0 spiro atoms. The summed E-state index contributed by atoms with van der Waals surface area (Å²) in [7, 11) is 0. The van der Waals surface area contributed by atoms with Crippen molar-refractivity contribution >= 4 is 0 Å². The SMILES string of the molecule is CCCn1cc(C(CN)N2CCC(C(C)(C)C)CC2)cn1. The van der Waals surface area contributed by atoms with Gasteiger partial charge in [-0.2, -0.15) is 5.10 Å². The zero-order valence-electron chi connectivity index (χ0n) is 14.2. The van der Waals surface area contributed by atoms with Crippen LogP contribution < -0.4 is 5.73 Å². The maximum atomic E-state index is 6.06. The molecule has 1 unspecified atom stereocenters. The van der Waals surface area contributed by atoms with Gasteiger partial charge in [0.2, 0.25) is 0 Å². The number of rotatable bonds is 5. The van der Waals surface area contributed by atoms with E-state index in [0.29, 0.717) is 18.0 Å². The highest BCUT2D eigenvalue weighted by atomic mass is 15.3. The second kappa shape index (κ2) is 6.93. The minimum atomic E-state index is 0.330. The fourth-order valence-corrected chi connectivity index (χ4v) is 3.48. The lowest BCUT2D eigenvalue weighted by molar-refractivity contribution is 0.0846. The van der Waals surface area contributed by atoms with Gasteiger partial charge in [0, 0.05) is 24.8 Å². The van der Waals surface area contributed by atoms with Crippen LogP contribution in [0, 0.1) is 11.3 Å². The van der Waals surface area contributed by atoms with E-state index in [1.807, 2.05) is 10.9 Å². The van der Waals surface area contributed by atoms with E-state index in [-0.39, 0.29) is 0 Å². The minimum Gasteiger partial charge on any atom is -0.329 e. The monoisotopic (exact) mass is 292 g/mol. The molecule has 1 fully saturated rings. The van der Waals surface area contributed by atoms with Gasteiger partial charge in [-0.15, -0.1) is 0 Å². The third-order valence-electron chi connectivity index (χ3n) is 4.91. The predicted molar refractivity (Wildman–Crippen MR) is 88.1 cm³/mol. The summed E-state index contributed by atoms with van der Waals surface area (Å²) in [6.45, 7) is 13.2. The summed E-state index contributed by atoms with van der Waals surface area (Å²) >= 11 is 0. The van der Waals surface area contributed by atoms with Gasteiger partial charge in [-0.25, -0.2) is 0 Å². The Morgan fingerprint density at radius 2 is 2.00 bits per heavy atom. The van der Waals surface area contributed by atoms with Gasteiger partial charge in [-0.3, -0.25) is 9.58 Å². The lowest BCUT2D eigenvalue weighted by Crippen LogP contribution is -2.42. The third kappa shape index (κ3) is 4.07. The van der Waals surface area contributed by atoms with Crippen LogP contribution in [-0.2, 0) is 6.54 Å². The molecule has 1 saturated heterocycles. The van der Waals surface area contributed by atoms with Crippen LogP contribution in [0.25, 0.3) is 0 Å². The molecule has 0 saturated carbocycles. The number of nitrogens with two attached hydrogens (primary N) is 1. The lowest BCUT2D eigenvalue weighted by Gasteiger charge is -2.41. The third-order valence-corrected chi connectivity index (χ3v) is 4.91. The molecule has 1 aliphatic rings. The van der Waals surface area contributed by atoms with Crippen molar-refractivity contribution in [2.45, 2.75) is 59.5 Å². The van der Waals surface area contributed by atoms with E-state index in [2.05, 4.69) is 43.9 Å². The van der Waals surface area contributed by atoms with Crippen molar-refractivity contribution in [1.29, 1.82) is 0 Å². The number of nitrogens with zero attached hydrogens (tertiary/aromatic N) is 3. The van der Waals surface area contributed by atoms with E-state index in [9.17, 15) is 0 Å². The quantitative estimate of drug-likeness (QED) is 0.907. The molecule has 120 valence electrons. The zero-order valence-corrected chi connectivity index (χ0v) is 14.2. The van der Waals surface area contributed by atoms with E-state index in [0.717, 1.165) is 32.0 Å². The van der Waals surface area contributed by atoms with Crippen molar-refractivity contribution in [3.05, 3.63) is 18.0 Å². The average Bonchev–Trinajstić information content (AvgIpc) is 2.88. The predicted octanol–water partition coefficient (Wildman–Crippen LogP) is 3.05. The topological polar surface area (TPSA) is 47.1 Å². The van der Waals surface area contributed by atoms with Gasteiger partial charge in [-0.05, 0) is 43.7 Å². The molecule has 2 rings (SSSR count). The van der Waals surface area contributed by atoms with Crippen LogP contribution in [-0.4, -0.2) is 34.3 Å². The van der Waals surface area contributed by atoms with Crippen LogP contribution in [0.4, 0.5) is 0 Å². The van der Waals surface area contributed by atoms with Gasteiger partial charge in [0.15, 0.2) is 0 Å². The standard InChI is InChI=1S/C17H32N4/c1-5-8-21-13-14(12-19-21)16(11-18)20-9-6-15(7-10-20)17(2,3)4/h12-13,15-16H,5-11,18H2,1-4H3. The first-order valence-corrected chi connectivity index (χ1v) is 8.42. The number of aromatic nitrogens is 2. The van der Waals surface area contributed by atoms with Gasteiger partial charge in [-0.1, -0.05) is 27.7 Å². The Bertz CT molecular complexity index is 424. The van der Waals surface area contributed by atoms with Crippen molar-refractivity contribution in [1.82, 2.24) is 14.7 Å². The second-order valence-corrected chi connectivity index (χ2v) is 7.46. The van der Waals surface area contributed by atoms with Gasteiger partial charge >= 0.3 is 0 Å². The molecule has 0 aromatic carbocycles.